The first-order valence-electron chi connectivity index (χ1n) is 21.7. The molecule has 2 unspecified atom stereocenters. The Hall–Kier alpha value is -4.91. The molecule has 5 fully saturated rings. The lowest BCUT2D eigenvalue weighted by molar-refractivity contribution is -0.125. The van der Waals surface area contributed by atoms with Gasteiger partial charge in [0.15, 0.2) is 0 Å². The maximum Gasteiger partial charge on any atom is 0.401 e. The van der Waals surface area contributed by atoms with Crippen molar-refractivity contribution >= 4 is 53.2 Å². The molecule has 11 rings (SSSR count). The van der Waals surface area contributed by atoms with E-state index in [1.165, 1.54) is 8.61 Å². The first-order chi connectivity index (χ1) is 30.2. The average Bonchev–Trinajstić information content (AvgIpc) is 4.04. The molecule has 0 bridgehead atoms. The molecule has 4 N–H and O–H groups in total. The second kappa shape index (κ2) is 15.1. The average molecular weight is 899 g/mol. The summed E-state index contributed by atoms with van der Waals surface area (Å²) in [6.45, 7) is 3.79. The van der Waals surface area contributed by atoms with Gasteiger partial charge in [0.05, 0.1) is 16.3 Å². The van der Waals surface area contributed by atoms with E-state index in [9.17, 15) is 30.0 Å². The van der Waals surface area contributed by atoms with Gasteiger partial charge in [-0.25, -0.2) is 16.8 Å². The Morgan fingerprint density at radius 3 is 1.65 bits per heavy atom. The number of halogens is 3. The molecule has 0 amide bonds. The van der Waals surface area contributed by atoms with Crippen molar-refractivity contribution < 1.29 is 30.0 Å². The standard InChI is InChI=1S/C46H49F3N8O4S2/c47-46(48,49)28-50-34-13-17-54(27-34)43-11-9-35(21-37(43)41-19-30-5-1-3-7-39(30)52-41)62(58,59)56-23-32(24-56)33-25-57(26-33)63(60,61)36-10-12-44(55-18-15-45(29-55)14-16-51-45)38(22-36)42-20-31-6-2-4-8-40(31)53-42/h1-12,19-22,32-34,50-53H,13-18,23-29H2. The molecule has 330 valence electrons. The Bertz CT molecular complexity index is 2890. The smallest absolute Gasteiger partial charge is 0.369 e. The van der Waals surface area contributed by atoms with Crippen molar-refractivity contribution in [2.75, 3.05) is 75.2 Å². The zero-order valence-electron chi connectivity index (χ0n) is 34.5. The van der Waals surface area contributed by atoms with Crippen molar-refractivity contribution in [1.29, 1.82) is 0 Å². The minimum absolute atomic E-state index is 0.0105. The van der Waals surface area contributed by atoms with Gasteiger partial charge in [-0.05, 0) is 98.3 Å². The lowest BCUT2D eigenvalue weighted by Crippen LogP contribution is -2.61. The third kappa shape index (κ3) is 7.39. The number of para-hydroxylation sites is 2. The minimum Gasteiger partial charge on any atom is -0.369 e. The van der Waals surface area contributed by atoms with Crippen LogP contribution in [0.4, 0.5) is 24.5 Å². The van der Waals surface area contributed by atoms with Crippen molar-refractivity contribution in [2.45, 2.75) is 46.8 Å². The SMILES string of the molecule is O=S(=O)(c1ccc(N2CCC(NCC(F)(F)F)C2)c(-c2cc3ccccc3[nH]2)c1)N1CC(C2CN(S(=O)(=O)c3ccc(N4CCC5(CCN5)C4)c(-c4cc5ccccc5[nH]4)c3)C2)C1. The number of alkyl halides is 3. The van der Waals surface area contributed by atoms with Crippen LogP contribution < -0.4 is 20.4 Å². The van der Waals surface area contributed by atoms with Crippen LogP contribution in [0.15, 0.2) is 107 Å². The molecule has 5 aliphatic heterocycles. The predicted molar refractivity (Wildman–Crippen MR) is 239 cm³/mol. The van der Waals surface area contributed by atoms with Gasteiger partial charge >= 0.3 is 6.18 Å². The number of aromatic amines is 2. The van der Waals surface area contributed by atoms with Crippen LogP contribution in [0.5, 0.6) is 0 Å². The van der Waals surface area contributed by atoms with Gasteiger partial charge in [-0.1, -0.05) is 36.4 Å². The highest BCUT2D eigenvalue weighted by molar-refractivity contribution is 7.89. The Morgan fingerprint density at radius 1 is 0.651 bits per heavy atom. The fraction of sp³-hybridized carbons (Fsp3) is 0.391. The maximum absolute atomic E-state index is 14.2. The van der Waals surface area contributed by atoms with Crippen LogP contribution >= 0.6 is 0 Å². The van der Waals surface area contributed by atoms with Gasteiger partial charge in [0.2, 0.25) is 20.0 Å². The summed E-state index contributed by atoms with van der Waals surface area (Å²) < 4.78 is 98.7. The first kappa shape index (κ1) is 40.8. The summed E-state index contributed by atoms with van der Waals surface area (Å²) >= 11 is 0. The van der Waals surface area contributed by atoms with Crippen LogP contribution in [0.1, 0.15) is 19.3 Å². The highest BCUT2D eigenvalue weighted by Crippen LogP contribution is 2.43. The van der Waals surface area contributed by atoms with Crippen LogP contribution in [0.2, 0.25) is 0 Å². The van der Waals surface area contributed by atoms with Crippen molar-refractivity contribution in [3.05, 3.63) is 97.1 Å². The van der Waals surface area contributed by atoms with E-state index in [-0.39, 0.29) is 46.3 Å². The topological polar surface area (TPSA) is 137 Å². The van der Waals surface area contributed by atoms with E-state index in [2.05, 4.69) is 31.6 Å². The number of anilines is 2. The van der Waals surface area contributed by atoms with Crippen LogP contribution in [0.25, 0.3) is 44.3 Å². The Balaban J connectivity index is 0.790. The molecule has 4 aromatic carbocycles. The van der Waals surface area contributed by atoms with Gasteiger partial charge in [-0.3, -0.25) is 0 Å². The fourth-order valence-electron chi connectivity index (χ4n) is 10.3. The van der Waals surface area contributed by atoms with Crippen molar-refractivity contribution in [3.8, 4) is 22.5 Å². The molecule has 0 radical (unpaired) electrons. The quantitative estimate of drug-likeness (QED) is 0.114. The van der Waals surface area contributed by atoms with E-state index in [0.717, 1.165) is 76.9 Å². The molecular formula is C46H49F3N8O4S2. The number of fused-ring (bicyclic) bond motifs is 2. The van der Waals surface area contributed by atoms with Gasteiger partial charge in [0, 0.05) is 120 Å². The van der Waals surface area contributed by atoms with E-state index >= 15 is 0 Å². The monoisotopic (exact) mass is 898 g/mol. The summed E-state index contributed by atoms with van der Waals surface area (Å²) in [5.41, 5.74) is 6.83. The second-order valence-corrected chi connectivity index (χ2v) is 22.0. The fourth-order valence-corrected chi connectivity index (χ4v) is 13.5. The van der Waals surface area contributed by atoms with Crippen molar-refractivity contribution in [3.63, 3.8) is 0 Å². The normalized spacial score (nSPS) is 22.9. The largest absolute Gasteiger partial charge is 0.401 e. The van der Waals surface area contributed by atoms with Crippen LogP contribution in [0, 0.1) is 11.8 Å². The van der Waals surface area contributed by atoms with E-state index in [1.54, 1.807) is 24.3 Å². The Kier molecular flexibility index (Phi) is 9.78. The number of hydrogen-bond donors (Lipinski definition) is 4. The first-order valence-corrected chi connectivity index (χ1v) is 24.6. The molecule has 63 heavy (non-hydrogen) atoms. The summed E-state index contributed by atoms with van der Waals surface area (Å²) in [4.78, 5) is 11.7. The number of nitrogens with one attached hydrogen (secondary N) is 4. The van der Waals surface area contributed by atoms with Gasteiger partial charge in [-0.2, -0.15) is 21.8 Å². The summed E-state index contributed by atoms with van der Waals surface area (Å²) in [5.74, 6) is 0.0316. The molecule has 1 spiro atoms. The lowest BCUT2D eigenvalue weighted by atomic mass is 9.83. The number of benzene rings is 4. The summed E-state index contributed by atoms with van der Waals surface area (Å²) in [7, 11) is -7.74. The number of sulfonamides is 2. The second-order valence-electron chi connectivity index (χ2n) is 18.1. The Labute approximate surface area is 364 Å². The maximum atomic E-state index is 14.2. The molecule has 2 atom stereocenters. The molecule has 6 aromatic rings. The number of rotatable bonds is 11. The molecule has 5 aliphatic rings. The number of hydrogen-bond acceptors (Lipinski definition) is 8. The Morgan fingerprint density at radius 2 is 1.17 bits per heavy atom. The van der Waals surface area contributed by atoms with E-state index in [4.69, 9.17) is 0 Å². The third-order valence-corrected chi connectivity index (χ3v) is 17.8. The number of aromatic nitrogens is 2. The summed E-state index contributed by atoms with van der Waals surface area (Å²) in [6.07, 6.45) is -1.61. The van der Waals surface area contributed by atoms with E-state index < -0.39 is 32.8 Å². The van der Waals surface area contributed by atoms with E-state index in [0.29, 0.717) is 43.9 Å². The molecule has 12 nitrogen and oxygen atoms in total. The van der Waals surface area contributed by atoms with Crippen molar-refractivity contribution in [1.82, 2.24) is 29.2 Å². The third-order valence-electron chi connectivity index (χ3n) is 14.2. The number of nitrogens with zero attached hydrogens (tertiary/aromatic N) is 4. The predicted octanol–water partition coefficient (Wildman–Crippen LogP) is 6.60. The lowest BCUT2D eigenvalue weighted by Gasteiger charge is -2.49. The van der Waals surface area contributed by atoms with Crippen LogP contribution in [-0.2, 0) is 20.0 Å². The molecule has 0 saturated carbocycles. The highest BCUT2D eigenvalue weighted by Gasteiger charge is 2.48. The van der Waals surface area contributed by atoms with E-state index in [1.807, 2.05) is 71.6 Å². The van der Waals surface area contributed by atoms with Gasteiger partial charge in [-0.15, -0.1) is 0 Å². The van der Waals surface area contributed by atoms with Gasteiger partial charge < -0.3 is 30.4 Å². The van der Waals surface area contributed by atoms with Gasteiger partial charge in [0.1, 0.15) is 0 Å². The van der Waals surface area contributed by atoms with Gasteiger partial charge in [0.25, 0.3) is 0 Å². The van der Waals surface area contributed by atoms with Crippen LogP contribution in [-0.4, -0.2) is 119 Å². The zero-order chi connectivity index (χ0) is 43.3. The molecular weight excluding hydrogens is 850 g/mol. The highest BCUT2D eigenvalue weighted by atomic mass is 32.2. The summed E-state index contributed by atoms with van der Waals surface area (Å²) in [5, 5.41) is 8.25. The van der Waals surface area contributed by atoms with Crippen LogP contribution in [0.3, 0.4) is 0 Å². The molecule has 2 aromatic heterocycles. The molecule has 5 saturated heterocycles. The molecule has 0 aliphatic carbocycles. The van der Waals surface area contributed by atoms with Crippen molar-refractivity contribution in [2.24, 2.45) is 11.8 Å². The number of H-pyrrole nitrogens is 2. The summed E-state index contributed by atoms with van der Waals surface area (Å²) in [6, 6.07) is 29.9. The molecule has 7 heterocycles. The minimum atomic E-state index is -4.31. The zero-order valence-corrected chi connectivity index (χ0v) is 36.2. The molecule has 17 heteroatoms.